The molecule has 1 aromatic heterocycles. The van der Waals surface area contributed by atoms with Crippen LogP contribution in [0.2, 0.25) is 5.02 Å². The molecule has 0 spiro atoms. The van der Waals surface area contributed by atoms with Crippen molar-refractivity contribution in [3.63, 3.8) is 0 Å². The smallest absolute Gasteiger partial charge is 0.229 e. The monoisotopic (exact) mass is 691 g/mol. The number of hydrogen-bond donors (Lipinski definition) is 2. The topological polar surface area (TPSA) is 106 Å². The van der Waals surface area contributed by atoms with Gasteiger partial charge in [0.05, 0.1) is 53.1 Å². The van der Waals surface area contributed by atoms with Crippen LogP contribution >= 0.6 is 11.6 Å². The number of nitrogens with one attached hydrogen (secondary N) is 2. The van der Waals surface area contributed by atoms with Gasteiger partial charge in [0.15, 0.2) is 15.7 Å². The zero-order chi connectivity index (χ0) is 33.7. The summed E-state index contributed by atoms with van der Waals surface area (Å²) >= 11 is 6.52. The Kier molecular flexibility index (Phi) is 9.21. The highest BCUT2D eigenvalue weighted by molar-refractivity contribution is 7.92. The van der Waals surface area contributed by atoms with E-state index < -0.39 is 15.1 Å². The quantitative estimate of drug-likeness (QED) is 0.196. The molecule has 3 aromatic rings. The third-order valence-corrected chi connectivity index (χ3v) is 12.4. The summed E-state index contributed by atoms with van der Waals surface area (Å²) in [6.45, 7) is 11.2. The number of rotatable bonds is 12. The molecule has 3 heterocycles. The van der Waals surface area contributed by atoms with Gasteiger partial charge in [0.2, 0.25) is 5.95 Å². The normalized spacial score (nSPS) is 22.0. The van der Waals surface area contributed by atoms with E-state index in [1.807, 2.05) is 13.8 Å². The second-order valence-corrected chi connectivity index (χ2v) is 17.2. The lowest BCUT2D eigenvalue weighted by atomic mass is 9.84. The summed E-state index contributed by atoms with van der Waals surface area (Å²) in [5.41, 5.74) is 4.97. The van der Waals surface area contributed by atoms with Crippen LogP contribution in [0.4, 0.5) is 23.1 Å². The van der Waals surface area contributed by atoms with Gasteiger partial charge < -0.3 is 20.1 Å². The van der Waals surface area contributed by atoms with E-state index in [9.17, 15) is 8.42 Å². The second-order valence-electron chi connectivity index (χ2n) is 14.3. The molecular formula is C37H46ClN5O4S. The largest absolute Gasteiger partial charge is 0.489 e. The van der Waals surface area contributed by atoms with Crippen molar-refractivity contribution in [1.29, 1.82) is 0 Å². The third kappa shape index (κ3) is 6.82. The first kappa shape index (κ1) is 33.3. The minimum Gasteiger partial charge on any atom is -0.489 e. The lowest BCUT2D eigenvalue weighted by Gasteiger charge is -2.49. The molecule has 3 fully saturated rings. The Hall–Kier alpha value is -3.18. The Morgan fingerprint density at radius 1 is 1.00 bits per heavy atom. The zero-order valence-corrected chi connectivity index (χ0v) is 29.9. The molecular weight excluding hydrogens is 646 g/mol. The van der Waals surface area contributed by atoms with Crippen LogP contribution in [0, 0.1) is 18.8 Å². The Morgan fingerprint density at radius 3 is 2.38 bits per heavy atom. The number of benzene rings is 2. The molecule has 2 atom stereocenters. The van der Waals surface area contributed by atoms with Crippen LogP contribution in [0.3, 0.4) is 0 Å². The molecule has 11 heteroatoms. The fraction of sp³-hybridized carbons (Fsp3) is 0.514. The van der Waals surface area contributed by atoms with E-state index in [4.69, 9.17) is 21.1 Å². The van der Waals surface area contributed by atoms with E-state index in [2.05, 4.69) is 50.6 Å². The summed E-state index contributed by atoms with van der Waals surface area (Å²) in [5.74, 6) is 2.84. The van der Waals surface area contributed by atoms with E-state index in [1.54, 1.807) is 38.1 Å². The summed E-state index contributed by atoms with van der Waals surface area (Å²) < 4.78 is 38.2. The summed E-state index contributed by atoms with van der Waals surface area (Å²) in [7, 11) is -3.54. The van der Waals surface area contributed by atoms with Gasteiger partial charge in [0, 0.05) is 12.1 Å². The zero-order valence-electron chi connectivity index (χ0n) is 28.4. The molecule has 2 aliphatic heterocycles. The van der Waals surface area contributed by atoms with Crippen molar-refractivity contribution in [1.82, 2.24) is 14.9 Å². The molecule has 0 bridgehead atoms. The number of anilines is 4. The molecule has 1 saturated heterocycles. The Balaban J connectivity index is 1.20. The van der Waals surface area contributed by atoms with Crippen molar-refractivity contribution in [3.8, 4) is 5.75 Å². The van der Waals surface area contributed by atoms with Gasteiger partial charge in [-0.15, -0.1) is 0 Å². The van der Waals surface area contributed by atoms with Gasteiger partial charge in [0.1, 0.15) is 10.8 Å². The van der Waals surface area contributed by atoms with Crippen molar-refractivity contribution in [3.05, 3.63) is 64.8 Å². The molecule has 4 aliphatic rings. The lowest BCUT2D eigenvalue weighted by Crippen LogP contribution is -2.59. The standard InChI is InChI=1S/C37H46ClN5O4S/c1-21(2)47-34-17-28(26-15-32(24-10-11-24)43(27-19-46-20-27)33(16-26)25-12-13-25)23(5)14-31(34)41-37-39-18-29(38)36(42-37)40-30-8-6-7-9-35(30)48(44,45)22(3)4/h6-9,14-15,17-18,21-22,24-25,27,32-33H,10-13,16,19-20H2,1-5H3,(H2,39,40,41,42)/t32-,33-/m1/s1. The lowest BCUT2D eigenvalue weighted by molar-refractivity contribution is -0.0963. The molecule has 0 unspecified atom stereocenters. The van der Waals surface area contributed by atoms with Crippen molar-refractivity contribution < 1.29 is 17.9 Å². The van der Waals surface area contributed by atoms with Crippen molar-refractivity contribution in [2.75, 3.05) is 23.8 Å². The van der Waals surface area contributed by atoms with E-state index in [-0.39, 0.29) is 16.0 Å². The maximum absolute atomic E-state index is 13.1. The number of hydrogen-bond acceptors (Lipinski definition) is 9. The molecule has 2 saturated carbocycles. The Morgan fingerprint density at radius 2 is 1.73 bits per heavy atom. The highest BCUT2D eigenvalue weighted by Gasteiger charge is 2.49. The minimum atomic E-state index is -3.54. The predicted octanol–water partition coefficient (Wildman–Crippen LogP) is 7.94. The third-order valence-electron chi connectivity index (χ3n) is 9.93. The highest BCUT2D eigenvalue weighted by atomic mass is 35.5. The Bertz CT molecular complexity index is 1820. The fourth-order valence-electron chi connectivity index (χ4n) is 7.05. The molecule has 0 radical (unpaired) electrons. The van der Waals surface area contributed by atoms with Gasteiger partial charge in [0.25, 0.3) is 0 Å². The van der Waals surface area contributed by atoms with Crippen LogP contribution in [-0.2, 0) is 14.6 Å². The van der Waals surface area contributed by atoms with E-state index >= 15 is 0 Å². The number of aromatic nitrogens is 2. The van der Waals surface area contributed by atoms with Crippen molar-refractivity contribution in [2.24, 2.45) is 11.8 Å². The summed E-state index contributed by atoms with van der Waals surface area (Å²) in [4.78, 5) is 12.1. The van der Waals surface area contributed by atoms with Crippen LogP contribution in [0.5, 0.6) is 5.75 Å². The maximum atomic E-state index is 13.1. The molecule has 0 amide bonds. The van der Waals surface area contributed by atoms with Gasteiger partial charge in [-0.25, -0.2) is 13.4 Å². The van der Waals surface area contributed by atoms with Crippen LogP contribution in [0.15, 0.2) is 53.6 Å². The van der Waals surface area contributed by atoms with Crippen molar-refractivity contribution in [2.45, 2.75) is 101 Å². The van der Waals surface area contributed by atoms with Gasteiger partial charge in [-0.3, -0.25) is 4.90 Å². The fourth-order valence-corrected chi connectivity index (χ4v) is 8.39. The van der Waals surface area contributed by atoms with E-state index in [0.717, 1.165) is 48.5 Å². The van der Waals surface area contributed by atoms with Gasteiger partial charge >= 0.3 is 0 Å². The van der Waals surface area contributed by atoms with Crippen LogP contribution in [0.25, 0.3) is 5.57 Å². The SMILES string of the molecule is Cc1cc(Nc2ncc(Cl)c(Nc3ccccc3S(=O)(=O)C(C)C)n2)c(OC(C)C)cc1C1=C[C@H](C2CC2)N(C2COC2)[C@@H](C2CC2)C1. The summed E-state index contributed by atoms with van der Waals surface area (Å²) in [6, 6.07) is 12.6. The molecule has 7 rings (SSSR count). The first-order valence-electron chi connectivity index (χ1n) is 17.3. The Labute approximate surface area is 289 Å². The van der Waals surface area contributed by atoms with Gasteiger partial charge in [-0.05, 0) is 120 Å². The first-order valence-corrected chi connectivity index (χ1v) is 19.2. The molecule has 48 heavy (non-hydrogen) atoms. The molecule has 2 N–H and O–H groups in total. The van der Waals surface area contributed by atoms with Crippen LogP contribution in [0.1, 0.15) is 70.9 Å². The number of nitrogens with zero attached hydrogens (tertiary/aromatic N) is 3. The maximum Gasteiger partial charge on any atom is 0.229 e. The average Bonchev–Trinajstić information content (AvgIpc) is 3.94. The summed E-state index contributed by atoms with van der Waals surface area (Å²) in [5, 5.41) is 6.20. The number of ether oxygens (including phenoxy) is 2. The predicted molar refractivity (Wildman–Crippen MR) is 191 cm³/mol. The number of aryl methyl sites for hydroxylation is 1. The van der Waals surface area contributed by atoms with Crippen LogP contribution in [-0.4, -0.2) is 66.0 Å². The minimum absolute atomic E-state index is 0.0447. The summed E-state index contributed by atoms with van der Waals surface area (Å²) in [6.07, 6.45) is 10.3. The molecule has 256 valence electrons. The van der Waals surface area contributed by atoms with Crippen molar-refractivity contribution >= 4 is 50.2 Å². The highest BCUT2D eigenvalue weighted by Crippen LogP contribution is 2.50. The molecule has 2 aliphatic carbocycles. The van der Waals surface area contributed by atoms with Crippen LogP contribution < -0.4 is 15.4 Å². The number of para-hydroxylation sites is 1. The van der Waals surface area contributed by atoms with E-state index in [0.29, 0.717) is 35.6 Å². The number of sulfone groups is 1. The first-order chi connectivity index (χ1) is 23.0. The number of halogens is 1. The molecule has 9 nitrogen and oxygen atoms in total. The molecule has 2 aromatic carbocycles. The second kappa shape index (κ2) is 13.3. The van der Waals surface area contributed by atoms with E-state index in [1.165, 1.54) is 43.0 Å². The van der Waals surface area contributed by atoms with Gasteiger partial charge in [-0.2, -0.15) is 4.98 Å². The van der Waals surface area contributed by atoms with Gasteiger partial charge in [-0.1, -0.05) is 29.8 Å². The average molecular weight is 692 g/mol.